The van der Waals surface area contributed by atoms with E-state index in [1.54, 1.807) is 6.07 Å². The number of ether oxygens (including phenoxy) is 1. The number of morpholine rings is 1. The van der Waals surface area contributed by atoms with Crippen molar-refractivity contribution in [3.05, 3.63) is 29.8 Å². The SMILES string of the molecule is Oc1ccccc1CN1CCOCC1. The molecule has 1 aliphatic rings. The van der Waals surface area contributed by atoms with Gasteiger partial charge >= 0.3 is 0 Å². The van der Waals surface area contributed by atoms with Crippen molar-refractivity contribution in [2.75, 3.05) is 26.3 Å². The molecule has 1 aliphatic heterocycles. The van der Waals surface area contributed by atoms with Gasteiger partial charge in [0, 0.05) is 25.2 Å². The van der Waals surface area contributed by atoms with E-state index in [9.17, 15) is 5.11 Å². The predicted molar refractivity (Wildman–Crippen MR) is 54.2 cm³/mol. The van der Waals surface area contributed by atoms with Crippen LogP contribution in [0, 0.1) is 0 Å². The van der Waals surface area contributed by atoms with Crippen LogP contribution in [0.3, 0.4) is 0 Å². The largest absolute Gasteiger partial charge is 0.508 e. The molecule has 0 aromatic heterocycles. The summed E-state index contributed by atoms with van der Waals surface area (Å²) in [5.41, 5.74) is 0.995. The van der Waals surface area contributed by atoms with Gasteiger partial charge in [0.15, 0.2) is 0 Å². The Hall–Kier alpha value is -1.06. The second-order valence-corrected chi connectivity index (χ2v) is 3.52. The number of benzene rings is 1. The molecule has 0 saturated carbocycles. The summed E-state index contributed by atoms with van der Waals surface area (Å²) < 4.78 is 5.26. The van der Waals surface area contributed by atoms with Crippen LogP contribution in [0.2, 0.25) is 0 Å². The zero-order valence-electron chi connectivity index (χ0n) is 8.15. The topological polar surface area (TPSA) is 32.7 Å². The highest BCUT2D eigenvalue weighted by Gasteiger charge is 2.11. The standard InChI is InChI=1S/C11H15NO2/c13-11-4-2-1-3-10(11)9-12-5-7-14-8-6-12/h1-4,13H,5-9H2. The summed E-state index contributed by atoms with van der Waals surface area (Å²) in [6, 6.07) is 7.49. The Labute approximate surface area is 83.9 Å². The number of rotatable bonds is 2. The van der Waals surface area contributed by atoms with Crippen LogP contribution < -0.4 is 0 Å². The summed E-state index contributed by atoms with van der Waals surface area (Å²) in [6.45, 7) is 4.32. The zero-order chi connectivity index (χ0) is 9.80. The predicted octanol–water partition coefficient (Wildman–Crippen LogP) is 1.22. The number of phenols is 1. The maximum absolute atomic E-state index is 9.58. The molecular weight excluding hydrogens is 178 g/mol. The molecule has 2 rings (SSSR count). The van der Waals surface area contributed by atoms with Crippen molar-refractivity contribution in [1.29, 1.82) is 0 Å². The molecule has 1 saturated heterocycles. The molecule has 1 heterocycles. The van der Waals surface area contributed by atoms with Gasteiger partial charge in [-0.05, 0) is 6.07 Å². The van der Waals surface area contributed by atoms with Crippen molar-refractivity contribution >= 4 is 0 Å². The highest BCUT2D eigenvalue weighted by molar-refractivity contribution is 5.31. The summed E-state index contributed by atoms with van der Waals surface area (Å²) in [7, 11) is 0. The van der Waals surface area contributed by atoms with Crippen molar-refractivity contribution in [2.45, 2.75) is 6.54 Å². The van der Waals surface area contributed by atoms with Gasteiger partial charge in [-0.1, -0.05) is 18.2 Å². The Morgan fingerprint density at radius 2 is 1.93 bits per heavy atom. The average Bonchev–Trinajstić information content (AvgIpc) is 2.23. The molecule has 0 atom stereocenters. The number of phenolic OH excluding ortho intramolecular Hbond substituents is 1. The number of aromatic hydroxyl groups is 1. The Balaban J connectivity index is 1.99. The third-order valence-corrected chi connectivity index (χ3v) is 2.49. The lowest BCUT2D eigenvalue weighted by Gasteiger charge is -2.26. The molecular formula is C11H15NO2. The van der Waals surface area contributed by atoms with E-state index in [2.05, 4.69) is 4.90 Å². The van der Waals surface area contributed by atoms with E-state index in [-0.39, 0.29) is 0 Å². The molecule has 76 valence electrons. The lowest BCUT2D eigenvalue weighted by atomic mass is 10.2. The van der Waals surface area contributed by atoms with Crippen molar-refractivity contribution < 1.29 is 9.84 Å². The first kappa shape index (κ1) is 9.49. The van der Waals surface area contributed by atoms with Crippen LogP contribution in [0.15, 0.2) is 24.3 Å². The molecule has 0 aliphatic carbocycles. The van der Waals surface area contributed by atoms with E-state index >= 15 is 0 Å². The van der Waals surface area contributed by atoms with E-state index in [1.165, 1.54) is 0 Å². The lowest BCUT2D eigenvalue weighted by Crippen LogP contribution is -2.35. The highest BCUT2D eigenvalue weighted by atomic mass is 16.5. The summed E-state index contributed by atoms with van der Waals surface area (Å²) >= 11 is 0. The number of para-hydroxylation sites is 1. The van der Waals surface area contributed by atoms with Gasteiger partial charge in [0.2, 0.25) is 0 Å². The van der Waals surface area contributed by atoms with Crippen LogP contribution in [-0.4, -0.2) is 36.3 Å². The van der Waals surface area contributed by atoms with Gasteiger partial charge in [0.25, 0.3) is 0 Å². The molecule has 0 spiro atoms. The number of nitrogens with zero attached hydrogens (tertiary/aromatic N) is 1. The third kappa shape index (κ3) is 2.25. The highest BCUT2D eigenvalue weighted by Crippen LogP contribution is 2.17. The Bertz CT molecular complexity index is 295. The molecule has 1 aromatic rings. The van der Waals surface area contributed by atoms with Gasteiger partial charge in [-0.2, -0.15) is 0 Å². The van der Waals surface area contributed by atoms with Crippen molar-refractivity contribution in [2.24, 2.45) is 0 Å². The molecule has 0 amide bonds. The second kappa shape index (κ2) is 4.44. The van der Waals surface area contributed by atoms with E-state index in [0.717, 1.165) is 38.4 Å². The second-order valence-electron chi connectivity index (χ2n) is 3.52. The minimum Gasteiger partial charge on any atom is -0.508 e. The van der Waals surface area contributed by atoms with Crippen molar-refractivity contribution in [3.8, 4) is 5.75 Å². The first-order valence-corrected chi connectivity index (χ1v) is 4.93. The van der Waals surface area contributed by atoms with Gasteiger partial charge in [-0.25, -0.2) is 0 Å². The van der Waals surface area contributed by atoms with Crippen LogP contribution in [-0.2, 0) is 11.3 Å². The smallest absolute Gasteiger partial charge is 0.120 e. The van der Waals surface area contributed by atoms with Crippen LogP contribution in [0.25, 0.3) is 0 Å². The van der Waals surface area contributed by atoms with Crippen LogP contribution in [0.4, 0.5) is 0 Å². The normalized spacial score (nSPS) is 18.3. The number of hydrogen-bond acceptors (Lipinski definition) is 3. The van der Waals surface area contributed by atoms with Crippen LogP contribution in [0.5, 0.6) is 5.75 Å². The van der Waals surface area contributed by atoms with E-state index < -0.39 is 0 Å². The van der Waals surface area contributed by atoms with Gasteiger partial charge in [-0.3, -0.25) is 4.90 Å². The molecule has 3 nitrogen and oxygen atoms in total. The molecule has 14 heavy (non-hydrogen) atoms. The fourth-order valence-electron chi connectivity index (χ4n) is 1.64. The third-order valence-electron chi connectivity index (χ3n) is 2.49. The Morgan fingerprint density at radius 1 is 1.21 bits per heavy atom. The summed E-state index contributed by atoms with van der Waals surface area (Å²) in [4.78, 5) is 2.29. The number of hydrogen-bond donors (Lipinski definition) is 1. The van der Waals surface area contributed by atoms with Crippen molar-refractivity contribution in [1.82, 2.24) is 4.90 Å². The van der Waals surface area contributed by atoms with Gasteiger partial charge in [0.05, 0.1) is 13.2 Å². The minimum absolute atomic E-state index is 0.388. The van der Waals surface area contributed by atoms with Crippen LogP contribution in [0.1, 0.15) is 5.56 Å². The maximum Gasteiger partial charge on any atom is 0.120 e. The molecule has 0 unspecified atom stereocenters. The quantitative estimate of drug-likeness (QED) is 0.766. The minimum atomic E-state index is 0.388. The molecule has 1 N–H and O–H groups in total. The lowest BCUT2D eigenvalue weighted by molar-refractivity contribution is 0.0339. The summed E-state index contributed by atoms with van der Waals surface area (Å²) in [5.74, 6) is 0.388. The molecule has 1 aromatic carbocycles. The van der Waals surface area contributed by atoms with Gasteiger partial charge < -0.3 is 9.84 Å². The Morgan fingerprint density at radius 3 is 2.64 bits per heavy atom. The fraction of sp³-hybridized carbons (Fsp3) is 0.455. The van der Waals surface area contributed by atoms with Gasteiger partial charge in [-0.15, -0.1) is 0 Å². The maximum atomic E-state index is 9.58. The first-order chi connectivity index (χ1) is 6.86. The van der Waals surface area contributed by atoms with E-state index in [4.69, 9.17) is 4.74 Å². The molecule has 3 heteroatoms. The monoisotopic (exact) mass is 193 g/mol. The molecule has 0 radical (unpaired) electrons. The summed E-state index contributed by atoms with van der Waals surface area (Å²) in [6.07, 6.45) is 0. The zero-order valence-corrected chi connectivity index (χ0v) is 8.15. The fourth-order valence-corrected chi connectivity index (χ4v) is 1.64. The van der Waals surface area contributed by atoms with E-state index in [0.29, 0.717) is 5.75 Å². The average molecular weight is 193 g/mol. The molecule has 1 fully saturated rings. The summed E-state index contributed by atoms with van der Waals surface area (Å²) in [5, 5.41) is 9.58. The van der Waals surface area contributed by atoms with Crippen molar-refractivity contribution in [3.63, 3.8) is 0 Å². The molecule has 0 bridgehead atoms. The Kier molecular flexibility index (Phi) is 3.01. The van der Waals surface area contributed by atoms with E-state index in [1.807, 2.05) is 18.2 Å². The first-order valence-electron chi connectivity index (χ1n) is 4.93. The van der Waals surface area contributed by atoms with Crippen LogP contribution >= 0.6 is 0 Å². The van der Waals surface area contributed by atoms with Gasteiger partial charge in [0.1, 0.15) is 5.75 Å².